The van der Waals surface area contributed by atoms with Crippen LogP contribution in [0.2, 0.25) is 0 Å². The van der Waals surface area contributed by atoms with Gasteiger partial charge in [0.15, 0.2) is 0 Å². The first-order valence-electron chi connectivity index (χ1n) is 7.45. The van der Waals surface area contributed by atoms with Crippen LogP contribution in [0.1, 0.15) is 46.0 Å². The van der Waals surface area contributed by atoms with E-state index in [9.17, 15) is 4.79 Å². The molecule has 0 radical (unpaired) electrons. The van der Waals surface area contributed by atoms with E-state index in [1.54, 1.807) is 0 Å². The summed E-state index contributed by atoms with van der Waals surface area (Å²) in [7, 11) is 0. The largest absolute Gasteiger partial charge is 0.366 e. The van der Waals surface area contributed by atoms with Crippen molar-refractivity contribution in [3.63, 3.8) is 0 Å². The van der Waals surface area contributed by atoms with Gasteiger partial charge >= 0.3 is 0 Å². The van der Waals surface area contributed by atoms with Crippen LogP contribution in [0.3, 0.4) is 0 Å². The highest BCUT2D eigenvalue weighted by Gasteiger charge is 2.33. The molecule has 2 rings (SSSR count). The van der Waals surface area contributed by atoms with E-state index in [1.807, 2.05) is 0 Å². The van der Waals surface area contributed by atoms with E-state index in [-0.39, 0.29) is 5.54 Å². The van der Waals surface area contributed by atoms with Gasteiger partial charge in [-0.05, 0) is 44.8 Å². The van der Waals surface area contributed by atoms with Crippen LogP contribution in [0.4, 0.5) is 0 Å². The maximum Gasteiger partial charge on any atom is 0.138 e. The van der Waals surface area contributed by atoms with E-state index < -0.39 is 0 Å². The highest BCUT2D eigenvalue weighted by Crippen LogP contribution is 2.33. The average Bonchev–Trinajstić information content (AvgIpc) is 2.52. The van der Waals surface area contributed by atoms with Crippen LogP contribution in [0.15, 0.2) is 35.6 Å². The summed E-state index contributed by atoms with van der Waals surface area (Å²) >= 11 is 5.68. The van der Waals surface area contributed by atoms with Crippen LogP contribution in [0.25, 0.3) is 0 Å². The molecule has 2 aliphatic heterocycles. The molecular formula is C17H24ClNO. The molecule has 0 N–H and O–H groups in total. The van der Waals surface area contributed by atoms with E-state index in [0.29, 0.717) is 24.5 Å². The van der Waals surface area contributed by atoms with Gasteiger partial charge in [-0.3, -0.25) is 4.79 Å². The zero-order chi connectivity index (χ0) is 14.6. The number of carbonyl (C=O) groups is 1. The molecule has 110 valence electrons. The number of alkyl halides is 1. The first-order valence-corrected chi connectivity index (χ1v) is 7.99. The van der Waals surface area contributed by atoms with Crippen LogP contribution in [-0.2, 0) is 4.79 Å². The molecule has 0 aromatic rings. The number of nitrogens with zero attached hydrogens (tertiary/aromatic N) is 1. The molecule has 0 aromatic carbocycles. The summed E-state index contributed by atoms with van der Waals surface area (Å²) in [5, 5.41) is 0. The molecule has 2 aliphatic rings. The average molecular weight is 294 g/mol. The van der Waals surface area contributed by atoms with Crippen molar-refractivity contribution in [1.29, 1.82) is 0 Å². The molecule has 3 heteroatoms. The van der Waals surface area contributed by atoms with Crippen molar-refractivity contribution in [2.75, 3.05) is 12.4 Å². The predicted molar refractivity (Wildman–Crippen MR) is 84.9 cm³/mol. The number of hydrogen-bond acceptors (Lipinski definition) is 2. The lowest BCUT2D eigenvalue weighted by Gasteiger charge is -2.41. The quantitative estimate of drug-likeness (QED) is 0.571. The van der Waals surface area contributed by atoms with Gasteiger partial charge in [0.2, 0.25) is 0 Å². The molecule has 2 heterocycles. The summed E-state index contributed by atoms with van der Waals surface area (Å²) in [4.78, 5) is 14.3. The van der Waals surface area contributed by atoms with Gasteiger partial charge in [0.25, 0.3) is 0 Å². The Kier molecular flexibility index (Phi) is 5.09. The standard InChI is InChI=1S/C17H24ClNO/c1-17(2)9-7-16(20)13-15-12-14(8-11-19(15)17)6-4-3-5-10-18/h4,6,8,12H,3,5,7,9-11,13H2,1-2H3. The highest BCUT2D eigenvalue weighted by molar-refractivity contribution is 6.17. The SMILES string of the molecule is CC1(C)CCC(=O)CC2=CC(C=CCCCCl)=CCN21. The zero-order valence-electron chi connectivity index (χ0n) is 12.5. The minimum absolute atomic E-state index is 0.0718. The third-order valence-corrected chi connectivity index (χ3v) is 4.40. The van der Waals surface area contributed by atoms with Crippen molar-refractivity contribution in [3.8, 4) is 0 Å². The second-order valence-corrected chi connectivity index (χ2v) is 6.59. The summed E-state index contributed by atoms with van der Waals surface area (Å²) in [6.45, 7) is 5.37. The number of unbranched alkanes of at least 4 members (excludes halogenated alkanes) is 1. The normalized spacial score (nSPS) is 22.4. The maximum atomic E-state index is 11.9. The Balaban J connectivity index is 2.11. The third-order valence-electron chi connectivity index (χ3n) is 4.13. The number of allylic oxidation sites excluding steroid dienone is 5. The van der Waals surface area contributed by atoms with Gasteiger partial charge in [-0.2, -0.15) is 0 Å². The molecule has 0 spiro atoms. The Morgan fingerprint density at radius 3 is 3.00 bits per heavy atom. The number of ketones is 1. The summed E-state index contributed by atoms with van der Waals surface area (Å²) in [6.07, 6.45) is 13.0. The molecular weight excluding hydrogens is 270 g/mol. The Morgan fingerprint density at radius 1 is 1.45 bits per heavy atom. The molecule has 1 saturated heterocycles. The minimum Gasteiger partial charge on any atom is -0.366 e. The van der Waals surface area contributed by atoms with Crippen LogP contribution in [0, 0.1) is 0 Å². The third kappa shape index (κ3) is 3.76. The summed E-state index contributed by atoms with van der Waals surface area (Å²) < 4.78 is 0. The number of carbonyl (C=O) groups excluding carboxylic acids is 1. The molecule has 0 aromatic heterocycles. The van der Waals surface area contributed by atoms with Crippen molar-refractivity contribution in [3.05, 3.63) is 35.6 Å². The molecule has 0 saturated carbocycles. The van der Waals surface area contributed by atoms with Crippen LogP contribution in [-0.4, -0.2) is 28.6 Å². The summed E-state index contributed by atoms with van der Waals surface area (Å²) in [5.41, 5.74) is 2.47. The first-order chi connectivity index (χ1) is 9.53. The van der Waals surface area contributed by atoms with E-state index in [0.717, 1.165) is 25.8 Å². The van der Waals surface area contributed by atoms with Crippen molar-refractivity contribution >= 4 is 17.4 Å². The molecule has 0 atom stereocenters. The lowest BCUT2D eigenvalue weighted by atomic mass is 9.95. The smallest absolute Gasteiger partial charge is 0.138 e. The van der Waals surface area contributed by atoms with E-state index in [1.165, 1.54) is 11.3 Å². The lowest BCUT2D eigenvalue weighted by Crippen LogP contribution is -2.43. The van der Waals surface area contributed by atoms with E-state index in [2.05, 4.69) is 43.1 Å². The van der Waals surface area contributed by atoms with Crippen molar-refractivity contribution in [2.24, 2.45) is 0 Å². The van der Waals surface area contributed by atoms with E-state index in [4.69, 9.17) is 11.6 Å². The Hall–Kier alpha value is -1.02. The molecule has 0 amide bonds. The van der Waals surface area contributed by atoms with Gasteiger partial charge in [0, 0.05) is 36.5 Å². The Labute approximate surface area is 127 Å². The molecule has 2 nitrogen and oxygen atoms in total. The number of Topliss-reactive ketones (excluding diaryl/α,β-unsaturated/α-hetero) is 1. The number of fused-ring (bicyclic) bond motifs is 1. The Morgan fingerprint density at radius 2 is 2.25 bits per heavy atom. The van der Waals surface area contributed by atoms with Crippen LogP contribution in [0.5, 0.6) is 0 Å². The minimum atomic E-state index is 0.0718. The van der Waals surface area contributed by atoms with Gasteiger partial charge in [0.05, 0.1) is 0 Å². The monoisotopic (exact) mass is 293 g/mol. The maximum absolute atomic E-state index is 11.9. The van der Waals surface area contributed by atoms with Crippen LogP contribution < -0.4 is 0 Å². The van der Waals surface area contributed by atoms with Crippen molar-refractivity contribution < 1.29 is 4.79 Å². The van der Waals surface area contributed by atoms with E-state index >= 15 is 0 Å². The lowest BCUT2D eigenvalue weighted by molar-refractivity contribution is -0.118. The molecule has 20 heavy (non-hydrogen) atoms. The fraction of sp³-hybridized carbons (Fsp3) is 0.588. The summed E-state index contributed by atoms with van der Waals surface area (Å²) in [5.74, 6) is 1.07. The first kappa shape index (κ1) is 15.4. The molecule has 0 aliphatic carbocycles. The van der Waals surface area contributed by atoms with Crippen LogP contribution >= 0.6 is 11.6 Å². The van der Waals surface area contributed by atoms with Gasteiger partial charge in [-0.15, -0.1) is 11.6 Å². The fourth-order valence-corrected chi connectivity index (χ4v) is 2.98. The second-order valence-electron chi connectivity index (χ2n) is 6.21. The highest BCUT2D eigenvalue weighted by atomic mass is 35.5. The fourth-order valence-electron chi connectivity index (χ4n) is 2.83. The molecule has 1 fully saturated rings. The Bertz CT molecular complexity index is 460. The summed E-state index contributed by atoms with van der Waals surface area (Å²) in [6, 6.07) is 0. The molecule has 0 bridgehead atoms. The predicted octanol–water partition coefficient (Wildman–Crippen LogP) is 4.22. The topological polar surface area (TPSA) is 20.3 Å². The zero-order valence-corrected chi connectivity index (χ0v) is 13.2. The van der Waals surface area contributed by atoms with Gasteiger partial charge < -0.3 is 4.90 Å². The van der Waals surface area contributed by atoms with Gasteiger partial charge in [-0.25, -0.2) is 0 Å². The van der Waals surface area contributed by atoms with Gasteiger partial charge in [0.1, 0.15) is 5.78 Å². The van der Waals surface area contributed by atoms with Crippen molar-refractivity contribution in [2.45, 2.75) is 51.5 Å². The van der Waals surface area contributed by atoms with Crippen molar-refractivity contribution in [1.82, 2.24) is 4.90 Å². The molecule has 0 unspecified atom stereocenters. The number of halogens is 1. The number of hydrogen-bond donors (Lipinski definition) is 0. The van der Waals surface area contributed by atoms with Gasteiger partial charge in [-0.1, -0.05) is 18.2 Å². The number of rotatable bonds is 4. The second kappa shape index (κ2) is 6.62.